The zero-order valence-corrected chi connectivity index (χ0v) is 18.0. The van der Waals surface area contributed by atoms with Crippen LogP contribution in [0.3, 0.4) is 0 Å². The number of carbonyl (C=O) groups excluding carboxylic acids is 1. The highest BCUT2D eigenvalue weighted by Crippen LogP contribution is 2.26. The molecular formula is C21H25ClN2O4S. The predicted octanol–water partition coefficient (Wildman–Crippen LogP) is 4.45. The summed E-state index contributed by atoms with van der Waals surface area (Å²) in [5.41, 5.74) is 0.906. The first-order chi connectivity index (χ1) is 13.7. The van der Waals surface area contributed by atoms with Gasteiger partial charge in [-0.2, -0.15) is 0 Å². The van der Waals surface area contributed by atoms with E-state index < -0.39 is 22.0 Å². The lowest BCUT2D eigenvalue weighted by atomic mass is 10.2. The maximum Gasteiger partial charge on any atom is 0.247 e. The summed E-state index contributed by atoms with van der Waals surface area (Å²) in [4.78, 5) is 12.7. The van der Waals surface area contributed by atoms with Gasteiger partial charge in [0.2, 0.25) is 15.9 Å². The summed E-state index contributed by atoms with van der Waals surface area (Å²) in [7, 11) is -3.70. The molecule has 3 rings (SSSR count). The van der Waals surface area contributed by atoms with Gasteiger partial charge < -0.3 is 10.1 Å². The van der Waals surface area contributed by atoms with E-state index in [4.69, 9.17) is 16.3 Å². The van der Waals surface area contributed by atoms with E-state index in [-0.39, 0.29) is 6.10 Å². The van der Waals surface area contributed by atoms with Crippen molar-refractivity contribution in [3.05, 3.63) is 53.6 Å². The molecule has 156 valence electrons. The minimum atomic E-state index is -3.70. The molecule has 0 heterocycles. The second-order valence-electron chi connectivity index (χ2n) is 7.25. The van der Waals surface area contributed by atoms with Crippen molar-refractivity contribution in [1.29, 1.82) is 0 Å². The van der Waals surface area contributed by atoms with Crippen LogP contribution in [0.15, 0.2) is 48.5 Å². The summed E-state index contributed by atoms with van der Waals surface area (Å²) in [6.45, 7) is 1.54. The number of sulfonamides is 1. The molecule has 0 saturated heterocycles. The first-order valence-electron chi connectivity index (χ1n) is 9.56. The first kappa shape index (κ1) is 21.5. The summed E-state index contributed by atoms with van der Waals surface area (Å²) in [6, 6.07) is 12.6. The molecule has 0 aliphatic heterocycles. The Balaban J connectivity index is 1.71. The highest BCUT2D eigenvalue weighted by Gasteiger charge is 2.29. The molecule has 0 radical (unpaired) electrons. The molecule has 2 aromatic rings. The fourth-order valence-corrected chi connectivity index (χ4v) is 4.84. The van der Waals surface area contributed by atoms with Gasteiger partial charge in [0.25, 0.3) is 0 Å². The monoisotopic (exact) mass is 436 g/mol. The molecule has 1 aliphatic rings. The lowest BCUT2D eigenvalue weighted by Crippen LogP contribution is -2.45. The topological polar surface area (TPSA) is 75.7 Å². The van der Waals surface area contributed by atoms with Crippen molar-refractivity contribution in [2.24, 2.45) is 0 Å². The average Bonchev–Trinajstić information content (AvgIpc) is 3.15. The number of carbonyl (C=O) groups is 1. The third-order valence-corrected chi connectivity index (χ3v) is 6.35. The molecule has 0 aromatic heterocycles. The molecule has 1 aliphatic carbocycles. The number of benzene rings is 2. The Morgan fingerprint density at radius 1 is 1.17 bits per heavy atom. The van der Waals surface area contributed by atoms with Crippen molar-refractivity contribution < 1.29 is 17.9 Å². The Kier molecular flexibility index (Phi) is 6.70. The van der Waals surface area contributed by atoms with Crippen LogP contribution in [-0.4, -0.2) is 32.7 Å². The number of hydrogen-bond donors (Lipinski definition) is 1. The van der Waals surface area contributed by atoms with Crippen molar-refractivity contribution >= 4 is 38.9 Å². The number of amides is 1. The Labute approximate surface area is 176 Å². The SMILES string of the molecule is C[C@@H](C(=O)Nc1ccc(OC2CCCC2)cc1)N(c1cccc(Cl)c1)S(C)(=O)=O. The number of halogens is 1. The largest absolute Gasteiger partial charge is 0.490 e. The molecule has 0 unspecified atom stereocenters. The highest BCUT2D eigenvalue weighted by molar-refractivity contribution is 7.92. The molecule has 1 atom stereocenters. The number of rotatable bonds is 7. The number of nitrogens with one attached hydrogen (secondary N) is 1. The van der Waals surface area contributed by atoms with Crippen LogP contribution < -0.4 is 14.4 Å². The van der Waals surface area contributed by atoms with Crippen LogP contribution in [0.4, 0.5) is 11.4 Å². The van der Waals surface area contributed by atoms with Gasteiger partial charge in [0.15, 0.2) is 0 Å². The van der Waals surface area contributed by atoms with Gasteiger partial charge in [-0.15, -0.1) is 0 Å². The lowest BCUT2D eigenvalue weighted by molar-refractivity contribution is -0.116. The standard InChI is InChI=1S/C21H25ClN2O4S/c1-15(24(29(2,26)27)18-7-5-6-16(22)14-18)21(25)23-17-10-12-20(13-11-17)28-19-8-3-4-9-19/h5-7,10-15,19H,3-4,8-9H2,1-2H3,(H,23,25)/t15-/m0/s1. The van der Waals surface area contributed by atoms with Gasteiger partial charge >= 0.3 is 0 Å². The maximum atomic E-state index is 12.7. The fourth-order valence-electron chi connectivity index (χ4n) is 3.48. The third-order valence-electron chi connectivity index (χ3n) is 4.88. The quantitative estimate of drug-likeness (QED) is 0.695. The number of nitrogens with zero attached hydrogens (tertiary/aromatic N) is 1. The zero-order valence-electron chi connectivity index (χ0n) is 16.5. The van der Waals surface area contributed by atoms with E-state index in [2.05, 4.69) is 5.32 Å². The van der Waals surface area contributed by atoms with E-state index in [0.717, 1.165) is 29.2 Å². The summed E-state index contributed by atoms with van der Waals surface area (Å²) in [5, 5.41) is 3.16. The number of ether oxygens (including phenoxy) is 1. The molecule has 1 saturated carbocycles. The van der Waals surface area contributed by atoms with Gasteiger partial charge in [0.05, 0.1) is 18.0 Å². The highest BCUT2D eigenvalue weighted by atomic mass is 35.5. The van der Waals surface area contributed by atoms with Crippen LogP contribution in [0.5, 0.6) is 5.75 Å². The summed E-state index contributed by atoms with van der Waals surface area (Å²) in [5.74, 6) is 0.319. The van der Waals surface area contributed by atoms with Crippen molar-refractivity contribution in [3.63, 3.8) is 0 Å². The number of anilines is 2. The van der Waals surface area contributed by atoms with Crippen LogP contribution in [-0.2, 0) is 14.8 Å². The van der Waals surface area contributed by atoms with E-state index in [1.165, 1.54) is 25.8 Å². The van der Waals surface area contributed by atoms with Crippen molar-refractivity contribution in [1.82, 2.24) is 0 Å². The Morgan fingerprint density at radius 3 is 2.41 bits per heavy atom. The van der Waals surface area contributed by atoms with Crippen LogP contribution in [0, 0.1) is 0 Å². The van der Waals surface area contributed by atoms with Gasteiger partial charge in [-0.05, 0) is 75.1 Å². The van der Waals surface area contributed by atoms with Gasteiger partial charge in [0.1, 0.15) is 11.8 Å². The molecule has 1 amide bonds. The van der Waals surface area contributed by atoms with E-state index in [1.807, 2.05) is 12.1 Å². The molecule has 1 N–H and O–H groups in total. The smallest absolute Gasteiger partial charge is 0.247 e. The van der Waals surface area contributed by atoms with Crippen LogP contribution in [0.25, 0.3) is 0 Å². The average molecular weight is 437 g/mol. The maximum absolute atomic E-state index is 12.7. The Morgan fingerprint density at radius 2 is 1.83 bits per heavy atom. The van der Waals surface area contributed by atoms with E-state index >= 15 is 0 Å². The summed E-state index contributed by atoms with van der Waals surface area (Å²) < 4.78 is 31.7. The minimum absolute atomic E-state index is 0.261. The fraction of sp³-hybridized carbons (Fsp3) is 0.381. The molecule has 2 aromatic carbocycles. The van der Waals surface area contributed by atoms with E-state index in [9.17, 15) is 13.2 Å². The van der Waals surface area contributed by atoms with Crippen molar-refractivity contribution in [2.75, 3.05) is 15.9 Å². The molecular weight excluding hydrogens is 412 g/mol. The van der Waals surface area contributed by atoms with Crippen molar-refractivity contribution in [3.8, 4) is 5.75 Å². The summed E-state index contributed by atoms with van der Waals surface area (Å²) in [6.07, 6.45) is 5.85. The number of hydrogen-bond acceptors (Lipinski definition) is 4. The molecule has 0 bridgehead atoms. The molecule has 6 nitrogen and oxygen atoms in total. The molecule has 29 heavy (non-hydrogen) atoms. The Bertz CT molecular complexity index is 957. The van der Waals surface area contributed by atoms with E-state index in [0.29, 0.717) is 16.4 Å². The normalized spacial score (nSPS) is 15.7. The Hall–Kier alpha value is -2.25. The lowest BCUT2D eigenvalue weighted by Gasteiger charge is -2.28. The van der Waals surface area contributed by atoms with E-state index in [1.54, 1.807) is 30.3 Å². The minimum Gasteiger partial charge on any atom is -0.490 e. The molecule has 1 fully saturated rings. The predicted molar refractivity (Wildman–Crippen MR) is 116 cm³/mol. The summed E-state index contributed by atoms with van der Waals surface area (Å²) >= 11 is 5.99. The van der Waals surface area contributed by atoms with Crippen LogP contribution in [0.1, 0.15) is 32.6 Å². The zero-order chi connectivity index (χ0) is 21.0. The van der Waals surface area contributed by atoms with Gasteiger partial charge in [0, 0.05) is 10.7 Å². The first-order valence-corrected chi connectivity index (χ1v) is 11.8. The second-order valence-corrected chi connectivity index (χ2v) is 9.55. The third kappa shape index (κ3) is 5.64. The van der Waals surface area contributed by atoms with Crippen LogP contribution in [0.2, 0.25) is 5.02 Å². The van der Waals surface area contributed by atoms with Gasteiger partial charge in [-0.25, -0.2) is 8.42 Å². The second kappa shape index (κ2) is 9.05. The van der Waals surface area contributed by atoms with Gasteiger partial charge in [-0.3, -0.25) is 9.10 Å². The van der Waals surface area contributed by atoms with Crippen molar-refractivity contribution in [2.45, 2.75) is 44.8 Å². The van der Waals surface area contributed by atoms with Gasteiger partial charge in [-0.1, -0.05) is 17.7 Å². The molecule has 8 heteroatoms. The molecule has 0 spiro atoms. The van der Waals surface area contributed by atoms with Crippen LogP contribution >= 0.6 is 11.6 Å².